The fourth-order valence-corrected chi connectivity index (χ4v) is 13.6. The third kappa shape index (κ3) is 8.17. The highest BCUT2D eigenvalue weighted by Gasteiger charge is 2.24. The second kappa shape index (κ2) is 20.0. The van der Waals surface area contributed by atoms with Crippen molar-refractivity contribution < 1.29 is 0 Å². The van der Waals surface area contributed by atoms with Crippen molar-refractivity contribution in [2.75, 3.05) is 9.80 Å². The Balaban J connectivity index is 0.850. The quantitative estimate of drug-likeness (QED) is 0.133. The van der Waals surface area contributed by atoms with Crippen molar-refractivity contribution in [1.82, 2.24) is 0 Å². The first-order valence-corrected chi connectivity index (χ1v) is 29.1. The van der Waals surface area contributed by atoms with Crippen LogP contribution in [0.5, 0.6) is 0 Å². The van der Waals surface area contributed by atoms with E-state index in [9.17, 15) is 0 Å². The smallest absolute Gasteiger partial charge is 0.0540 e. The van der Waals surface area contributed by atoms with Crippen LogP contribution in [-0.4, -0.2) is 0 Å². The molecule has 0 bridgehead atoms. The summed E-state index contributed by atoms with van der Waals surface area (Å²) in [5, 5.41) is 20.0. The Morgan fingerprint density at radius 1 is 0.190 bits per heavy atom. The Labute approximate surface area is 489 Å². The van der Waals surface area contributed by atoms with Gasteiger partial charge in [0.25, 0.3) is 0 Å². The third-order valence-electron chi connectivity index (χ3n) is 17.6. The van der Waals surface area contributed by atoms with Gasteiger partial charge in [0.2, 0.25) is 0 Å². The molecule has 2 nitrogen and oxygen atoms in total. The van der Waals surface area contributed by atoms with Crippen molar-refractivity contribution in [3.8, 4) is 33.4 Å². The average Bonchev–Trinajstić information content (AvgIpc) is 1.59. The highest BCUT2D eigenvalue weighted by Crippen LogP contribution is 2.49. The zero-order valence-electron chi connectivity index (χ0n) is 46.8. The van der Waals surface area contributed by atoms with Crippen LogP contribution in [0.4, 0.5) is 34.1 Å². The van der Waals surface area contributed by atoms with E-state index in [0.29, 0.717) is 0 Å². The van der Waals surface area contributed by atoms with Gasteiger partial charge in [-0.25, -0.2) is 0 Å². The molecule has 0 saturated carbocycles. The maximum atomic E-state index is 2.49. The van der Waals surface area contributed by atoms with Crippen molar-refractivity contribution in [1.29, 1.82) is 0 Å². The molecular weight excluding hydrogens is 1010 g/mol. The van der Waals surface area contributed by atoms with Crippen molar-refractivity contribution in [2.45, 2.75) is 13.8 Å². The normalized spacial score (nSPS) is 11.7. The Morgan fingerprint density at radius 3 is 0.857 bits per heavy atom. The number of para-hydroxylation sites is 2. The topological polar surface area (TPSA) is 6.48 Å². The van der Waals surface area contributed by atoms with Crippen LogP contribution in [0.3, 0.4) is 0 Å². The summed E-state index contributed by atoms with van der Waals surface area (Å²) in [6, 6.07) is 112. The molecule has 0 fully saturated rings. The van der Waals surface area contributed by atoms with Crippen LogP contribution < -0.4 is 9.80 Å². The molecule has 2 heteroatoms. The lowest BCUT2D eigenvalue weighted by atomic mass is 9.93. The predicted octanol–water partition coefficient (Wildman–Crippen LogP) is 23.5. The van der Waals surface area contributed by atoms with Crippen molar-refractivity contribution in [3.63, 3.8) is 0 Å². The second-order valence-electron chi connectivity index (χ2n) is 22.5. The molecule has 84 heavy (non-hydrogen) atoms. The molecule has 0 unspecified atom stereocenters. The molecule has 0 heterocycles. The van der Waals surface area contributed by atoms with Crippen LogP contribution in [0.15, 0.2) is 303 Å². The van der Waals surface area contributed by atoms with Crippen LogP contribution in [0.25, 0.3) is 120 Å². The first-order chi connectivity index (χ1) is 41.5. The van der Waals surface area contributed by atoms with Crippen molar-refractivity contribution >= 4 is 120 Å². The lowest BCUT2D eigenvalue weighted by Crippen LogP contribution is -2.13. The van der Waals surface area contributed by atoms with Crippen LogP contribution in [0, 0.1) is 13.8 Å². The summed E-state index contributed by atoms with van der Waals surface area (Å²) in [5.41, 5.74) is 16.1. The van der Waals surface area contributed by atoms with Gasteiger partial charge in [-0.2, -0.15) is 0 Å². The first-order valence-electron chi connectivity index (χ1n) is 29.1. The minimum absolute atomic E-state index is 1.10. The Hall–Kier alpha value is -10.8. The van der Waals surface area contributed by atoms with Crippen molar-refractivity contribution in [3.05, 3.63) is 314 Å². The molecular formula is C82H56N2. The lowest BCUT2D eigenvalue weighted by molar-refractivity contribution is 1.25. The lowest BCUT2D eigenvalue weighted by Gasteiger charge is -2.30. The van der Waals surface area contributed by atoms with E-state index in [0.717, 1.165) is 45.3 Å². The van der Waals surface area contributed by atoms with Crippen LogP contribution in [0.2, 0.25) is 0 Å². The average molecular weight is 1070 g/mol. The number of hydrogen-bond donors (Lipinski definition) is 0. The van der Waals surface area contributed by atoms with Crippen LogP contribution in [0.1, 0.15) is 11.1 Å². The minimum atomic E-state index is 1.10. The molecule has 16 aromatic rings. The molecule has 0 aliphatic rings. The maximum absolute atomic E-state index is 2.49. The molecule has 16 rings (SSSR count). The second-order valence-corrected chi connectivity index (χ2v) is 22.5. The van der Waals surface area contributed by atoms with Gasteiger partial charge in [0, 0.05) is 33.9 Å². The predicted molar refractivity (Wildman–Crippen MR) is 362 cm³/mol. The largest absolute Gasteiger partial charge is 0.310 e. The van der Waals surface area contributed by atoms with E-state index in [1.165, 1.54) is 120 Å². The fourth-order valence-electron chi connectivity index (χ4n) is 13.6. The van der Waals surface area contributed by atoms with Gasteiger partial charge >= 0.3 is 0 Å². The van der Waals surface area contributed by atoms with E-state index in [1.807, 2.05) is 0 Å². The molecule has 0 spiro atoms. The van der Waals surface area contributed by atoms with Crippen LogP contribution in [-0.2, 0) is 0 Å². The van der Waals surface area contributed by atoms with E-state index < -0.39 is 0 Å². The molecule has 16 aromatic carbocycles. The van der Waals surface area contributed by atoms with Gasteiger partial charge in [0.15, 0.2) is 0 Å². The number of nitrogens with zero attached hydrogens (tertiary/aromatic N) is 2. The molecule has 0 aromatic heterocycles. The molecule has 0 saturated heterocycles. The number of rotatable bonds is 9. The summed E-state index contributed by atoms with van der Waals surface area (Å²) in [4.78, 5) is 4.98. The first kappa shape index (κ1) is 49.1. The summed E-state index contributed by atoms with van der Waals surface area (Å²) < 4.78 is 0. The van der Waals surface area contributed by atoms with Gasteiger partial charge < -0.3 is 9.80 Å². The van der Waals surface area contributed by atoms with Gasteiger partial charge in [0.05, 0.1) is 11.4 Å². The van der Waals surface area contributed by atoms with Gasteiger partial charge in [-0.3, -0.25) is 0 Å². The maximum Gasteiger partial charge on any atom is 0.0540 e. The van der Waals surface area contributed by atoms with Gasteiger partial charge in [-0.1, -0.05) is 231 Å². The SMILES string of the molecule is Cc1cc(-c2ccc(N(c3ccc4c5ccccc5c5ccccc5c4c3)c3ccccc3-c3ccc4ccccc4c3)c(C)c2)ccc1N(c1ccc2c3ccccc3c3ccccc3c2c1)c1ccccc1-c1ccc2ccccc2c1. The summed E-state index contributed by atoms with van der Waals surface area (Å²) in [6.45, 7) is 4.54. The Bertz CT molecular complexity index is 4920. The van der Waals surface area contributed by atoms with E-state index in [4.69, 9.17) is 0 Å². The summed E-state index contributed by atoms with van der Waals surface area (Å²) in [7, 11) is 0. The molecule has 0 radical (unpaired) electrons. The summed E-state index contributed by atoms with van der Waals surface area (Å²) >= 11 is 0. The number of hydrogen-bond acceptors (Lipinski definition) is 2. The summed E-state index contributed by atoms with van der Waals surface area (Å²) in [5.74, 6) is 0. The molecule has 0 aliphatic carbocycles. The van der Waals surface area contributed by atoms with Crippen molar-refractivity contribution in [2.24, 2.45) is 0 Å². The number of benzene rings is 16. The zero-order valence-corrected chi connectivity index (χ0v) is 46.8. The van der Waals surface area contributed by atoms with E-state index in [-0.39, 0.29) is 0 Å². The number of fused-ring (bicyclic) bond motifs is 14. The van der Waals surface area contributed by atoms with E-state index in [1.54, 1.807) is 0 Å². The zero-order chi connectivity index (χ0) is 55.8. The van der Waals surface area contributed by atoms with Gasteiger partial charge in [-0.05, 0) is 206 Å². The fraction of sp³-hybridized carbons (Fsp3) is 0.0244. The summed E-state index contributed by atoms with van der Waals surface area (Å²) in [6.07, 6.45) is 0. The van der Waals surface area contributed by atoms with E-state index in [2.05, 4.69) is 327 Å². The monoisotopic (exact) mass is 1070 g/mol. The highest BCUT2D eigenvalue weighted by molar-refractivity contribution is 6.27. The molecule has 394 valence electrons. The Kier molecular flexibility index (Phi) is 11.7. The number of aryl methyl sites for hydroxylation is 2. The van der Waals surface area contributed by atoms with E-state index >= 15 is 0 Å². The number of anilines is 6. The van der Waals surface area contributed by atoms with Gasteiger partial charge in [-0.15, -0.1) is 0 Å². The molecule has 0 N–H and O–H groups in total. The molecule has 0 aliphatic heterocycles. The standard InChI is InChI=1S/C82H56N2/c1-53-47-59(39-45-79(53)83(81-33-17-15-23-65(81)61-37-35-55-19-3-5-21-57(55)49-61)63-41-43-75-71-29-9-7-25-67(71)69-27-11-13-31-73(69)77(75)51-63)60-40-46-80(54(2)48-60)84(82-34-18-16-24-66(82)62-38-36-56-20-4-6-22-58(56)50-62)64-42-44-76-72-30-10-8-26-68(72)70-28-12-14-32-74(70)78(76)52-64/h3-52H,1-2H3. The third-order valence-corrected chi connectivity index (χ3v) is 17.6. The van der Waals surface area contributed by atoms with Crippen LogP contribution >= 0.6 is 0 Å². The molecule has 0 amide bonds. The Morgan fingerprint density at radius 2 is 0.488 bits per heavy atom. The van der Waals surface area contributed by atoms with Gasteiger partial charge in [0.1, 0.15) is 0 Å². The molecule has 0 atom stereocenters. The minimum Gasteiger partial charge on any atom is -0.310 e. The highest BCUT2D eigenvalue weighted by atomic mass is 15.2.